The molecule has 0 amide bonds. The van der Waals surface area contributed by atoms with E-state index in [9.17, 15) is 0 Å². The summed E-state index contributed by atoms with van der Waals surface area (Å²) in [5.74, 6) is 0. The van der Waals surface area contributed by atoms with Crippen LogP contribution in [0.4, 0.5) is 0 Å². The number of hydrogen-bond donors (Lipinski definition) is 1. The van der Waals surface area contributed by atoms with E-state index in [0.29, 0.717) is 12.1 Å². The van der Waals surface area contributed by atoms with E-state index in [1.165, 1.54) is 5.56 Å². The Balaban J connectivity index is 1.70. The van der Waals surface area contributed by atoms with Crippen LogP contribution in [0, 0.1) is 0 Å². The summed E-state index contributed by atoms with van der Waals surface area (Å²) in [6, 6.07) is 8.73. The van der Waals surface area contributed by atoms with E-state index in [1.807, 2.05) is 12.1 Å². The molecular formula is C15H22ClNO. The normalized spacial score (nSPS) is 24.1. The van der Waals surface area contributed by atoms with Gasteiger partial charge in [-0.05, 0) is 49.9 Å². The highest BCUT2D eigenvalue weighted by Crippen LogP contribution is 2.16. The van der Waals surface area contributed by atoms with E-state index in [2.05, 4.69) is 24.4 Å². The van der Waals surface area contributed by atoms with Gasteiger partial charge in [0.05, 0.1) is 6.10 Å². The van der Waals surface area contributed by atoms with Crippen molar-refractivity contribution < 1.29 is 4.74 Å². The number of rotatable bonds is 5. The Morgan fingerprint density at radius 1 is 1.33 bits per heavy atom. The zero-order valence-corrected chi connectivity index (χ0v) is 11.7. The molecule has 2 rings (SSSR count). The molecule has 0 aromatic heterocycles. The first-order valence-electron chi connectivity index (χ1n) is 6.87. The Labute approximate surface area is 115 Å². The molecule has 1 aromatic rings. The zero-order valence-electron chi connectivity index (χ0n) is 11.0. The van der Waals surface area contributed by atoms with Gasteiger partial charge in [0.2, 0.25) is 0 Å². The smallest absolute Gasteiger partial charge is 0.0587 e. The minimum Gasteiger partial charge on any atom is -0.378 e. The molecule has 2 unspecified atom stereocenters. The lowest BCUT2D eigenvalue weighted by molar-refractivity contribution is 0.000116. The van der Waals surface area contributed by atoms with E-state index in [0.717, 1.165) is 43.9 Å². The van der Waals surface area contributed by atoms with Crippen LogP contribution in [0.2, 0.25) is 5.02 Å². The Morgan fingerprint density at radius 2 is 2.11 bits per heavy atom. The second kappa shape index (κ2) is 7.13. The fourth-order valence-electron chi connectivity index (χ4n) is 2.42. The van der Waals surface area contributed by atoms with Crippen LogP contribution < -0.4 is 5.32 Å². The number of nitrogens with one attached hydrogen (secondary N) is 1. The van der Waals surface area contributed by atoms with Gasteiger partial charge < -0.3 is 10.1 Å². The maximum Gasteiger partial charge on any atom is 0.0587 e. The standard InChI is InChI=1S/C15H22ClNO/c1-2-15-11-14(8-10-18-15)17-9-7-12-3-5-13(16)6-4-12/h3-6,14-15,17H,2,7-11H2,1H3. The van der Waals surface area contributed by atoms with Crippen molar-refractivity contribution in [1.29, 1.82) is 0 Å². The van der Waals surface area contributed by atoms with Crippen LogP contribution >= 0.6 is 11.6 Å². The van der Waals surface area contributed by atoms with Crippen LogP contribution in [-0.2, 0) is 11.2 Å². The molecule has 1 aliphatic rings. The largest absolute Gasteiger partial charge is 0.378 e. The van der Waals surface area contributed by atoms with E-state index in [4.69, 9.17) is 16.3 Å². The summed E-state index contributed by atoms with van der Waals surface area (Å²) in [4.78, 5) is 0. The van der Waals surface area contributed by atoms with Crippen LogP contribution in [0.1, 0.15) is 31.7 Å². The fourth-order valence-corrected chi connectivity index (χ4v) is 2.55. The molecule has 1 aliphatic heterocycles. The van der Waals surface area contributed by atoms with Crippen LogP contribution in [0.15, 0.2) is 24.3 Å². The SMILES string of the molecule is CCC1CC(NCCc2ccc(Cl)cc2)CCO1. The molecule has 18 heavy (non-hydrogen) atoms. The number of halogens is 1. The molecule has 0 aliphatic carbocycles. The Morgan fingerprint density at radius 3 is 2.83 bits per heavy atom. The molecule has 1 fully saturated rings. The van der Waals surface area contributed by atoms with E-state index >= 15 is 0 Å². The Kier molecular flexibility index (Phi) is 5.48. The molecule has 2 atom stereocenters. The van der Waals surface area contributed by atoms with Crippen LogP contribution in [-0.4, -0.2) is 25.3 Å². The van der Waals surface area contributed by atoms with E-state index in [1.54, 1.807) is 0 Å². The Hall–Kier alpha value is -0.570. The summed E-state index contributed by atoms with van der Waals surface area (Å²) in [7, 11) is 0. The molecule has 1 N–H and O–H groups in total. The highest BCUT2D eigenvalue weighted by Gasteiger charge is 2.20. The van der Waals surface area contributed by atoms with Gasteiger partial charge in [-0.15, -0.1) is 0 Å². The van der Waals surface area contributed by atoms with E-state index < -0.39 is 0 Å². The third-order valence-corrected chi connectivity index (χ3v) is 3.83. The molecule has 0 saturated carbocycles. The van der Waals surface area contributed by atoms with Crippen molar-refractivity contribution in [2.45, 2.75) is 44.8 Å². The summed E-state index contributed by atoms with van der Waals surface area (Å²) in [6.07, 6.45) is 4.92. The predicted octanol–water partition coefficient (Wildman–Crippen LogP) is 3.43. The van der Waals surface area contributed by atoms with Gasteiger partial charge in [-0.3, -0.25) is 0 Å². The van der Waals surface area contributed by atoms with E-state index in [-0.39, 0.29) is 0 Å². The molecule has 0 spiro atoms. The second-order valence-corrected chi connectivity index (χ2v) is 5.39. The van der Waals surface area contributed by atoms with Crippen LogP contribution in [0.25, 0.3) is 0 Å². The van der Waals surface area contributed by atoms with Gasteiger partial charge in [0.1, 0.15) is 0 Å². The minimum atomic E-state index is 0.451. The average Bonchev–Trinajstić information content (AvgIpc) is 2.41. The first kappa shape index (κ1) is 13.9. The first-order chi connectivity index (χ1) is 8.78. The lowest BCUT2D eigenvalue weighted by atomic mass is 10.0. The molecule has 3 heteroatoms. The summed E-state index contributed by atoms with van der Waals surface area (Å²) < 4.78 is 5.68. The molecular weight excluding hydrogens is 246 g/mol. The van der Waals surface area contributed by atoms with Crippen molar-refractivity contribution in [2.75, 3.05) is 13.2 Å². The predicted molar refractivity (Wildman–Crippen MR) is 76.2 cm³/mol. The lowest BCUT2D eigenvalue weighted by Crippen LogP contribution is -2.39. The average molecular weight is 268 g/mol. The van der Waals surface area contributed by atoms with Crippen molar-refractivity contribution in [1.82, 2.24) is 5.32 Å². The van der Waals surface area contributed by atoms with Crippen LogP contribution in [0.3, 0.4) is 0 Å². The third kappa shape index (κ3) is 4.27. The lowest BCUT2D eigenvalue weighted by Gasteiger charge is -2.29. The van der Waals surface area contributed by atoms with Crippen molar-refractivity contribution in [3.05, 3.63) is 34.9 Å². The monoisotopic (exact) mass is 267 g/mol. The highest BCUT2D eigenvalue weighted by atomic mass is 35.5. The van der Waals surface area contributed by atoms with Gasteiger partial charge in [-0.25, -0.2) is 0 Å². The number of benzene rings is 1. The minimum absolute atomic E-state index is 0.451. The van der Waals surface area contributed by atoms with Crippen LogP contribution in [0.5, 0.6) is 0 Å². The topological polar surface area (TPSA) is 21.3 Å². The van der Waals surface area contributed by atoms with Gasteiger partial charge in [-0.2, -0.15) is 0 Å². The molecule has 0 bridgehead atoms. The quantitative estimate of drug-likeness (QED) is 0.883. The first-order valence-corrected chi connectivity index (χ1v) is 7.25. The van der Waals surface area contributed by atoms with Crippen molar-refractivity contribution in [3.8, 4) is 0 Å². The molecule has 1 saturated heterocycles. The summed E-state index contributed by atoms with van der Waals surface area (Å²) in [5.41, 5.74) is 1.34. The molecule has 1 heterocycles. The maximum atomic E-state index is 5.87. The van der Waals surface area contributed by atoms with Gasteiger partial charge in [0, 0.05) is 17.7 Å². The third-order valence-electron chi connectivity index (χ3n) is 3.58. The Bertz CT molecular complexity index is 352. The summed E-state index contributed by atoms with van der Waals surface area (Å²) in [5, 5.41) is 4.44. The second-order valence-electron chi connectivity index (χ2n) is 4.95. The van der Waals surface area contributed by atoms with Crippen molar-refractivity contribution in [2.24, 2.45) is 0 Å². The number of ether oxygens (including phenoxy) is 1. The number of hydrogen-bond acceptors (Lipinski definition) is 2. The zero-order chi connectivity index (χ0) is 12.8. The van der Waals surface area contributed by atoms with Crippen molar-refractivity contribution in [3.63, 3.8) is 0 Å². The van der Waals surface area contributed by atoms with Gasteiger partial charge in [0.15, 0.2) is 0 Å². The fraction of sp³-hybridized carbons (Fsp3) is 0.600. The maximum absolute atomic E-state index is 5.87. The summed E-state index contributed by atoms with van der Waals surface area (Å²) >= 11 is 5.87. The summed E-state index contributed by atoms with van der Waals surface area (Å²) in [6.45, 7) is 4.13. The molecule has 0 radical (unpaired) electrons. The van der Waals surface area contributed by atoms with Crippen molar-refractivity contribution >= 4 is 11.6 Å². The molecule has 100 valence electrons. The van der Waals surface area contributed by atoms with Gasteiger partial charge in [0.25, 0.3) is 0 Å². The highest BCUT2D eigenvalue weighted by molar-refractivity contribution is 6.30. The van der Waals surface area contributed by atoms with Gasteiger partial charge >= 0.3 is 0 Å². The van der Waals surface area contributed by atoms with Gasteiger partial charge in [-0.1, -0.05) is 30.7 Å². The molecule has 2 nitrogen and oxygen atoms in total. The molecule has 1 aromatic carbocycles.